The van der Waals surface area contributed by atoms with Gasteiger partial charge in [0.1, 0.15) is 11.5 Å². The van der Waals surface area contributed by atoms with Crippen LogP contribution in [0.25, 0.3) is 0 Å². The molecule has 0 aliphatic rings. The fourth-order valence-electron chi connectivity index (χ4n) is 1.38. The van der Waals surface area contributed by atoms with Gasteiger partial charge in [0.15, 0.2) is 0 Å². The first-order valence-electron chi connectivity index (χ1n) is 5.33. The molecule has 1 amide bonds. The smallest absolute Gasteiger partial charge is 0.328 e. The zero-order valence-corrected chi connectivity index (χ0v) is 11.0. The molecule has 0 bridgehead atoms. The fourth-order valence-corrected chi connectivity index (χ4v) is 1.82. The summed E-state index contributed by atoms with van der Waals surface area (Å²) in [5, 5.41) is 3.00. The minimum atomic E-state index is -4.39. The largest absolute Gasteiger partial charge is 0.469 e. The summed E-state index contributed by atoms with van der Waals surface area (Å²) in [7, 11) is -4.39. The molecule has 0 saturated carbocycles. The van der Waals surface area contributed by atoms with Crippen LogP contribution in [0.4, 0.5) is 0 Å². The van der Waals surface area contributed by atoms with Crippen LogP contribution in [0.15, 0.2) is 43.5 Å². The van der Waals surface area contributed by atoms with Crippen molar-refractivity contribution in [2.24, 2.45) is 5.10 Å². The Morgan fingerprint density at radius 1 is 1.40 bits per heavy atom. The lowest BCUT2D eigenvalue weighted by molar-refractivity contribution is 0.0953. The Morgan fingerprint density at radius 3 is 2.70 bits per heavy atom. The third-order valence-corrected chi connectivity index (χ3v) is 3.05. The first kappa shape index (κ1) is 14.0. The van der Waals surface area contributed by atoms with E-state index in [1.807, 2.05) is 0 Å². The van der Waals surface area contributed by atoms with Gasteiger partial charge in [-0.25, -0.2) is 5.43 Å². The van der Waals surface area contributed by atoms with Crippen LogP contribution in [-0.2, 0) is 10.1 Å². The van der Waals surface area contributed by atoms with E-state index in [1.54, 1.807) is 6.92 Å². The number of carbonyl (C=O) groups excluding carboxylic acids is 1. The summed E-state index contributed by atoms with van der Waals surface area (Å²) in [5.74, 6) is 0.0280. The Morgan fingerprint density at radius 2 is 2.15 bits per heavy atom. The summed E-state index contributed by atoms with van der Waals surface area (Å²) in [5.41, 5.74) is 2.55. The molecule has 0 saturated heterocycles. The molecule has 0 aromatic carbocycles. The second-order valence-electron chi connectivity index (χ2n) is 3.72. The maximum atomic E-state index is 11.6. The number of nitrogens with one attached hydrogen (secondary N) is 1. The third kappa shape index (κ3) is 3.13. The van der Waals surface area contributed by atoms with Crippen LogP contribution >= 0.6 is 0 Å². The highest BCUT2D eigenvalue weighted by Gasteiger charge is 2.14. The quantitative estimate of drug-likeness (QED) is 0.496. The van der Waals surface area contributed by atoms with Gasteiger partial charge >= 0.3 is 10.1 Å². The third-order valence-electron chi connectivity index (χ3n) is 2.32. The molecule has 0 atom stereocenters. The van der Waals surface area contributed by atoms with Gasteiger partial charge in [-0.05, 0) is 25.1 Å². The van der Waals surface area contributed by atoms with Gasteiger partial charge in [0, 0.05) is 0 Å². The van der Waals surface area contributed by atoms with Gasteiger partial charge in [-0.2, -0.15) is 13.5 Å². The monoisotopic (exact) mass is 298 g/mol. The van der Waals surface area contributed by atoms with E-state index in [4.69, 9.17) is 13.4 Å². The first-order chi connectivity index (χ1) is 9.38. The second-order valence-corrected chi connectivity index (χ2v) is 5.07. The number of nitrogens with zero attached hydrogens (tertiary/aromatic N) is 1. The van der Waals surface area contributed by atoms with E-state index in [-0.39, 0.29) is 5.76 Å². The molecule has 2 aromatic rings. The summed E-state index contributed by atoms with van der Waals surface area (Å²) in [6.45, 7) is 1.63. The van der Waals surface area contributed by atoms with Gasteiger partial charge in [0.2, 0.25) is 5.09 Å². The molecule has 0 aliphatic carbocycles. The summed E-state index contributed by atoms with van der Waals surface area (Å²) in [6, 6.07) is 3.84. The highest BCUT2D eigenvalue weighted by molar-refractivity contribution is 7.85. The Kier molecular flexibility index (Phi) is 3.72. The summed E-state index contributed by atoms with van der Waals surface area (Å²) >= 11 is 0. The Labute approximate surface area is 113 Å². The summed E-state index contributed by atoms with van der Waals surface area (Å²) in [6.07, 6.45) is 2.47. The maximum Gasteiger partial charge on any atom is 0.328 e. The normalized spacial score (nSPS) is 11.9. The highest BCUT2D eigenvalue weighted by Crippen LogP contribution is 2.12. The van der Waals surface area contributed by atoms with E-state index in [2.05, 4.69) is 10.5 Å². The number of hydrogen-bond acceptors (Lipinski definition) is 6. The van der Waals surface area contributed by atoms with Crippen LogP contribution in [0, 0.1) is 6.92 Å². The van der Waals surface area contributed by atoms with E-state index in [0.717, 1.165) is 12.3 Å². The predicted octanol–water partition coefficient (Wildman–Crippen LogP) is 1.19. The number of furan rings is 2. The van der Waals surface area contributed by atoms with E-state index in [1.165, 1.54) is 18.4 Å². The molecule has 0 fully saturated rings. The number of amides is 1. The number of aryl methyl sites for hydroxylation is 1. The molecule has 20 heavy (non-hydrogen) atoms. The van der Waals surface area contributed by atoms with Crippen LogP contribution in [0.2, 0.25) is 0 Å². The summed E-state index contributed by atoms with van der Waals surface area (Å²) in [4.78, 5) is 11.6. The van der Waals surface area contributed by atoms with Crippen molar-refractivity contribution in [2.75, 3.05) is 0 Å². The molecule has 2 rings (SSSR count). The minimum Gasteiger partial charge on any atom is -0.469 e. The standard InChI is InChI=1S/C11H10N2O6S/c1-7-9(4-5-18-7)11(14)13-12-6-8-2-3-10(19-8)20(15,16)17/h2-6H,1H3,(H,13,14)(H,15,16,17). The molecular weight excluding hydrogens is 288 g/mol. The SMILES string of the molecule is Cc1occc1C(=O)NN=Cc1ccc(S(=O)(=O)O)o1. The molecule has 8 nitrogen and oxygen atoms in total. The van der Waals surface area contributed by atoms with Crippen molar-refractivity contribution < 1.29 is 26.6 Å². The summed E-state index contributed by atoms with van der Waals surface area (Å²) < 4.78 is 40.0. The zero-order valence-electron chi connectivity index (χ0n) is 10.2. The topological polar surface area (TPSA) is 122 Å². The lowest BCUT2D eigenvalue weighted by Gasteiger charge is -1.96. The van der Waals surface area contributed by atoms with Gasteiger partial charge in [-0.1, -0.05) is 0 Å². The van der Waals surface area contributed by atoms with Crippen molar-refractivity contribution in [3.8, 4) is 0 Å². The van der Waals surface area contributed by atoms with E-state index in [0.29, 0.717) is 11.3 Å². The first-order valence-corrected chi connectivity index (χ1v) is 6.77. The number of hydrogen-bond donors (Lipinski definition) is 2. The van der Waals surface area contributed by atoms with Crippen molar-refractivity contribution in [3.05, 3.63) is 41.5 Å². The Hall–Kier alpha value is -2.39. The molecule has 0 spiro atoms. The van der Waals surface area contributed by atoms with Crippen LogP contribution < -0.4 is 5.43 Å². The maximum absolute atomic E-state index is 11.6. The van der Waals surface area contributed by atoms with Crippen LogP contribution in [-0.4, -0.2) is 25.1 Å². The molecule has 0 radical (unpaired) electrons. The Balaban J connectivity index is 2.02. The minimum absolute atomic E-state index is 0.0573. The highest BCUT2D eigenvalue weighted by atomic mass is 32.2. The lowest BCUT2D eigenvalue weighted by Crippen LogP contribution is -2.17. The molecule has 0 unspecified atom stereocenters. The van der Waals surface area contributed by atoms with Gasteiger partial charge in [-0.3, -0.25) is 9.35 Å². The van der Waals surface area contributed by atoms with Crippen molar-refractivity contribution in [3.63, 3.8) is 0 Å². The van der Waals surface area contributed by atoms with Gasteiger partial charge in [-0.15, -0.1) is 0 Å². The molecular formula is C11H10N2O6S. The number of carbonyl (C=O) groups is 1. The average Bonchev–Trinajstić information content (AvgIpc) is 2.97. The molecule has 2 aromatic heterocycles. The molecule has 2 heterocycles. The second kappa shape index (κ2) is 5.31. The van der Waals surface area contributed by atoms with E-state index >= 15 is 0 Å². The van der Waals surface area contributed by atoms with Crippen molar-refractivity contribution in [2.45, 2.75) is 12.0 Å². The van der Waals surface area contributed by atoms with Crippen molar-refractivity contribution >= 4 is 22.2 Å². The van der Waals surface area contributed by atoms with E-state index < -0.39 is 21.1 Å². The van der Waals surface area contributed by atoms with Gasteiger partial charge < -0.3 is 8.83 Å². The number of hydrazone groups is 1. The van der Waals surface area contributed by atoms with Crippen LogP contribution in [0.3, 0.4) is 0 Å². The Bertz CT molecular complexity index is 755. The zero-order chi connectivity index (χ0) is 14.8. The van der Waals surface area contributed by atoms with Crippen molar-refractivity contribution in [1.29, 1.82) is 0 Å². The molecule has 9 heteroatoms. The van der Waals surface area contributed by atoms with Gasteiger partial charge in [0.25, 0.3) is 5.91 Å². The molecule has 0 aliphatic heterocycles. The van der Waals surface area contributed by atoms with Crippen molar-refractivity contribution in [1.82, 2.24) is 5.43 Å². The molecule has 106 valence electrons. The fraction of sp³-hybridized carbons (Fsp3) is 0.0909. The van der Waals surface area contributed by atoms with Gasteiger partial charge in [0.05, 0.1) is 18.0 Å². The molecule has 2 N–H and O–H groups in total. The lowest BCUT2D eigenvalue weighted by atomic mass is 10.2. The number of rotatable bonds is 4. The average molecular weight is 298 g/mol. The predicted molar refractivity (Wildman–Crippen MR) is 67.0 cm³/mol. The van der Waals surface area contributed by atoms with Crippen LogP contribution in [0.1, 0.15) is 21.9 Å². The van der Waals surface area contributed by atoms with E-state index in [9.17, 15) is 13.2 Å². The van der Waals surface area contributed by atoms with Crippen LogP contribution in [0.5, 0.6) is 0 Å².